The standard InChI is InChI=1S/C22H24O6/c1-22(2)15-9-12(27-11-17(25)16(24)10-23)7-8-13(15)20(26)19-14-5-3-4-6-18(14)28-21(19)22/h3-6,9,16-17,23-25H,7-8,10-11H2,1-2H3. The molecule has 1 heterocycles. The van der Waals surface area contributed by atoms with Gasteiger partial charge in [-0.25, -0.2) is 0 Å². The zero-order valence-electron chi connectivity index (χ0n) is 15.9. The third kappa shape index (κ3) is 2.89. The van der Waals surface area contributed by atoms with Crippen molar-refractivity contribution in [2.75, 3.05) is 13.2 Å². The van der Waals surface area contributed by atoms with Crippen molar-refractivity contribution in [3.05, 3.63) is 58.6 Å². The van der Waals surface area contributed by atoms with Gasteiger partial charge in [0.05, 0.1) is 17.9 Å². The van der Waals surface area contributed by atoms with E-state index in [0.29, 0.717) is 35.5 Å². The number of ketones is 1. The van der Waals surface area contributed by atoms with E-state index in [-0.39, 0.29) is 12.4 Å². The van der Waals surface area contributed by atoms with Crippen LogP contribution in [0.5, 0.6) is 0 Å². The van der Waals surface area contributed by atoms with Crippen molar-refractivity contribution in [3.63, 3.8) is 0 Å². The zero-order chi connectivity index (χ0) is 20.1. The number of Topliss-reactive ketones (excluding diaryl/α,β-unsaturated/α-hetero) is 1. The Morgan fingerprint density at radius 3 is 2.68 bits per heavy atom. The highest BCUT2D eigenvalue weighted by Crippen LogP contribution is 2.48. The van der Waals surface area contributed by atoms with Crippen LogP contribution in [0.2, 0.25) is 0 Å². The highest BCUT2D eigenvalue weighted by atomic mass is 16.5. The van der Waals surface area contributed by atoms with Crippen LogP contribution in [0, 0.1) is 0 Å². The summed E-state index contributed by atoms with van der Waals surface area (Å²) in [6.45, 7) is 3.40. The third-order valence-electron chi connectivity index (χ3n) is 5.66. The molecule has 2 aliphatic rings. The van der Waals surface area contributed by atoms with Gasteiger partial charge < -0.3 is 24.5 Å². The van der Waals surface area contributed by atoms with Gasteiger partial charge in [-0.05, 0) is 38.0 Å². The van der Waals surface area contributed by atoms with E-state index < -0.39 is 24.2 Å². The largest absolute Gasteiger partial charge is 0.495 e. The Bertz CT molecular complexity index is 994. The van der Waals surface area contributed by atoms with Gasteiger partial charge in [0.1, 0.15) is 30.2 Å². The first-order chi connectivity index (χ1) is 13.3. The minimum absolute atomic E-state index is 0.000289. The first-order valence-electron chi connectivity index (χ1n) is 9.45. The average molecular weight is 384 g/mol. The predicted molar refractivity (Wildman–Crippen MR) is 103 cm³/mol. The highest BCUT2D eigenvalue weighted by molar-refractivity contribution is 6.19. The fourth-order valence-corrected chi connectivity index (χ4v) is 4.02. The number of ether oxygens (including phenoxy) is 1. The second-order valence-corrected chi connectivity index (χ2v) is 7.89. The number of furan rings is 1. The maximum Gasteiger partial charge on any atom is 0.193 e. The number of allylic oxidation sites excluding steroid dienone is 4. The number of hydrogen-bond acceptors (Lipinski definition) is 6. The van der Waals surface area contributed by atoms with Gasteiger partial charge in [-0.3, -0.25) is 4.79 Å². The Kier molecular flexibility index (Phi) is 4.65. The van der Waals surface area contributed by atoms with E-state index in [1.54, 1.807) is 0 Å². The molecule has 0 saturated heterocycles. The van der Waals surface area contributed by atoms with Crippen molar-refractivity contribution in [1.29, 1.82) is 0 Å². The van der Waals surface area contributed by atoms with Crippen LogP contribution in [0.1, 0.15) is 42.8 Å². The number of benzene rings is 1. The molecule has 2 atom stereocenters. The number of fused-ring (bicyclic) bond motifs is 3. The molecule has 1 aromatic carbocycles. The van der Waals surface area contributed by atoms with Crippen LogP contribution in [0.4, 0.5) is 0 Å². The first kappa shape index (κ1) is 18.9. The maximum absolute atomic E-state index is 13.2. The predicted octanol–water partition coefficient (Wildman–Crippen LogP) is 2.61. The maximum atomic E-state index is 13.2. The molecule has 28 heavy (non-hydrogen) atoms. The molecule has 0 bridgehead atoms. The van der Waals surface area contributed by atoms with Crippen LogP contribution in [-0.2, 0) is 10.2 Å². The van der Waals surface area contributed by atoms with E-state index in [2.05, 4.69) is 0 Å². The molecule has 148 valence electrons. The highest BCUT2D eigenvalue weighted by Gasteiger charge is 2.43. The normalized spacial score (nSPS) is 20.5. The van der Waals surface area contributed by atoms with Crippen LogP contribution in [-0.4, -0.2) is 46.5 Å². The van der Waals surface area contributed by atoms with Crippen LogP contribution < -0.4 is 0 Å². The zero-order valence-corrected chi connectivity index (χ0v) is 15.9. The second-order valence-electron chi connectivity index (χ2n) is 7.89. The summed E-state index contributed by atoms with van der Waals surface area (Å²) >= 11 is 0. The lowest BCUT2D eigenvalue weighted by Gasteiger charge is -2.34. The molecule has 3 N–H and O–H groups in total. The van der Waals surface area contributed by atoms with E-state index in [0.717, 1.165) is 16.5 Å². The summed E-state index contributed by atoms with van der Waals surface area (Å²) in [6, 6.07) is 7.58. The molecule has 2 unspecified atom stereocenters. The van der Waals surface area contributed by atoms with Gasteiger partial charge in [0.2, 0.25) is 0 Å². The molecule has 2 aliphatic carbocycles. The number of para-hydroxylation sites is 1. The number of carbonyl (C=O) groups excluding carboxylic acids is 1. The van der Waals surface area contributed by atoms with Crippen molar-refractivity contribution in [1.82, 2.24) is 0 Å². The molecule has 6 nitrogen and oxygen atoms in total. The summed E-state index contributed by atoms with van der Waals surface area (Å²) in [4.78, 5) is 13.2. The molecular weight excluding hydrogens is 360 g/mol. The minimum atomic E-state index is -1.25. The van der Waals surface area contributed by atoms with E-state index in [9.17, 15) is 15.0 Å². The Morgan fingerprint density at radius 1 is 1.18 bits per heavy atom. The molecule has 0 spiro atoms. The topological polar surface area (TPSA) is 100 Å². The van der Waals surface area contributed by atoms with Gasteiger partial charge in [-0.2, -0.15) is 0 Å². The van der Waals surface area contributed by atoms with Gasteiger partial charge in [0, 0.05) is 22.8 Å². The first-order valence-corrected chi connectivity index (χ1v) is 9.45. The molecule has 0 aliphatic heterocycles. The van der Waals surface area contributed by atoms with Gasteiger partial charge in [0.25, 0.3) is 0 Å². The second kappa shape index (κ2) is 6.88. The number of rotatable bonds is 5. The smallest absolute Gasteiger partial charge is 0.193 e. The lowest BCUT2D eigenvalue weighted by Crippen LogP contribution is -2.34. The van der Waals surface area contributed by atoms with E-state index in [4.69, 9.17) is 14.3 Å². The van der Waals surface area contributed by atoms with Crippen LogP contribution >= 0.6 is 0 Å². The van der Waals surface area contributed by atoms with Crippen LogP contribution in [0.25, 0.3) is 11.0 Å². The summed E-state index contributed by atoms with van der Waals surface area (Å²) in [5, 5.41) is 29.0. The third-order valence-corrected chi connectivity index (χ3v) is 5.66. The molecule has 0 amide bonds. The molecule has 6 heteroatoms. The lowest BCUT2D eigenvalue weighted by atomic mass is 9.69. The van der Waals surface area contributed by atoms with Crippen molar-refractivity contribution in [2.45, 2.75) is 44.3 Å². The SMILES string of the molecule is CC1(C)C2=C(CCC(OCC(O)C(O)CO)=C2)C(=O)c2c1oc1ccccc21. The summed E-state index contributed by atoms with van der Waals surface area (Å²) in [5.41, 5.74) is 2.49. The summed E-state index contributed by atoms with van der Waals surface area (Å²) in [7, 11) is 0. The van der Waals surface area contributed by atoms with E-state index >= 15 is 0 Å². The summed E-state index contributed by atoms with van der Waals surface area (Å²) < 4.78 is 11.7. The Hall–Kier alpha value is -2.41. The minimum Gasteiger partial charge on any atom is -0.495 e. The average Bonchev–Trinajstić information content (AvgIpc) is 3.10. The fourth-order valence-electron chi connectivity index (χ4n) is 4.02. The molecular formula is C22H24O6. The Balaban J connectivity index is 1.69. The number of hydrogen-bond donors (Lipinski definition) is 3. The number of aliphatic hydroxyl groups is 3. The Labute approximate surface area is 162 Å². The van der Waals surface area contributed by atoms with E-state index in [1.807, 2.05) is 44.2 Å². The van der Waals surface area contributed by atoms with Crippen molar-refractivity contribution in [3.8, 4) is 0 Å². The molecule has 4 rings (SSSR count). The van der Waals surface area contributed by atoms with Crippen molar-refractivity contribution < 1.29 is 29.3 Å². The van der Waals surface area contributed by atoms with E-state index in [1.165, 1.54) is 0 Å². The van der Waals surface area contributed by atoms with Gasteiger partial charge in [-0.15, -0.1) is 0 Å². The number of carbonyl (C=O) groups is 1. The Morgan fingerprint density at radius 2 is 1.93 bits per heavy atom. The molecule has 0 radical (unpaired) electrons. The molecule has 2 aromatic rings. The van der Waals surface area contributed by atoms with Crippen LogP contribution in [0.3, 0.4) is 0 Å². The monoisotopic (exact) mass is 384 g/mol. The van der Waals surface area contributed by atoms with Crippen LogP contribution in [0.15, 0.2) is 51.7 Å². The van der Waals surface area contributed by atoms with Crippen molar-refractivity contribution in [2.24, 2.45) is 0 Å². The van der Waals surface area contributed by atoms with Gasteiger partial charge in [0.15, 0.2) is 5.78 Å². The van der Waals surface area contributed by atoms with Gasteiger partial charge in [-0.1, -0.05) is 18.2 Å². The summed E-state index contributed by atoms with van der Waals surface area (Å²) in [6.07, 6.45) is 0.508. The molecule has 1 aromatic heterocycles. The fraction of sp³-hybridized carbons (Fsp3) is 0.409. The molecule has 0 fully saturated rings. The number of aliphatic hydroxyl groups excluding tert-OH is 3. The van der Waals surface area contributed by atoms with Gasteiger partial charge >= 0.3 is 0 Å². The molecule has 0 saturated carbocycles. The van der Waals surface area contributed by atoms with Crippen molar-refractivity contribution >= 4 is 16.8 Å². The summed E-state index contributed by atoms with van der Waals surface area (Å²) in [5.74, 6) is 1.30. The lowest BCUT2D eigenvalue weighted by molar-refractivity contribution is -0.0461. The quantitative estimate of drug-likeness (QED) is 0.733.